The van der Waals surface area contributed by atoms with Crippen molar-refractivity contribution in [1.29, 1.82) is 0 Å². The summed E-state index contributed by atoms with van der Waals surface area (Å²) in [5.41, 5.74) is 7.17. The summed E-state index contributed by atoms with van der Waals surface area (Å²) in [6, 6.07) is 13.8. The van der Waals surface area contributed by atoms with Crippen LogP contribution in [0.1, 0.15) is 17.4 Å². The molecule has 0 saturated carbocycles. The highest BCUT2D eigenvalue weighted by molar-refractivity contribution is 6.30. The predicted octanol–water partition coefficient (Wildman–Crippen LogP) is 3.21. The van der Waals surface area contributed by atoms with Crippen molar-refractivity contribution >= 4 is 35.1 Å². The second kappa shape index (κ2) is 7.35. The molecule has 0 bridgehead atoms. The lowest BCUT2D eigenvalue weighted by molar-refractivity contribution is 0.187. The molecule has 2 aromatic carbocycles. The van der Waals surface area contributed by atoms with Crippen molar-refractivity contribution in [1.82, 2.24) is 10.2 Å². The molecule has 7 nitrogen and oxygen atoms in total. The summed E-state index contributed by atoms with van der Waals surface area (Å²) >= 11 is 5.96. The third-order valence-corrected chi connectivity index (χ3v) is 3.67. The van der Waals surface area contributed by atoms with Gasteiger partial charge in [0.25, 0.3) is 0 Å². The van der Waals surface area contributed by atoms with Crippen LogP contribution in [0, 0.1) is 0 Å². The van der Waals surface area contributed by atoms with E-state index in [1.807, 2.05) is 6.07 Å². The van der Waals surface area contributed by atoms with Gasteiger partial charge in [0.2, 0.25) is 0 Å². The predicted molar refractivity (Wildman–Crippen MR) is 97.8 cm³/mol. The van der Waals surface area contributed by atoms with Crippen molar-refractivity contribution in [3.8, 4) is 5.75 Å². The molecule has 1 atom stereocenters. The van der Waals surface area contributed by atoms with Crippen molar-refractivity contribution in [2.45, 2.75) is 6.23 Å². The van der Waals surface area contributed by atoms with Crippen LogP contribution in [0.4, 0.5) is 17.3 Å². The number of aliphatic hydroxyl groups is 1. The van der Waals surface area contributed by atoms with E-state index in [1.54, 1.807) is 42.5 Å². The van der Waals surface area contributed by atoms with E-state index in [4.69, 9.17) is 17.3 Å². The number of nitrogens with two attached hydrogens (primary N) is 1. The molecular formula is C17H16ClN5O2. The number of aliphatic hydroxyl groups excluding tert-OH is 1. The van der Waals surface area contributed by atoms with Crippen LogP contribution in [-0.2, 0) is 0 Å². The summed E-state index contributed by atoms with van der Waals surface area (Å²) in [5.74, 6) is 0.707. The first kappa shape index (κ1) is 17.0. The molecule has 0 radical (unpaired) electrons. The summed E-state index contributed by atoms with van der Waals surface area (Å²) in [6.07, 6.45) is 0.151. The first-order valence-electron chi connectivity index (χ1n) is 7.41. The Morgan fingerprint density at radius 2 is 2.04 bits per heavy atom. The molecule has 1 aromatic heterocycles. The fraction of sp³-hybridized carbons (Fsp3) is 0.0588. The van der Waals surface area contributed by atoms with Gasteiger partial charge in [-0.05, 0) is 30.3 Å². The summed E-state index contributed by atoms with van der Waals surface area (Å²) < 4.78 is 0. The molecule has 3 rings (SSSR count). The number of para-hydroxylation sites is 1. The Hall–Kier alpha value is -2.87. The summed E-state index contributed by atoms with van der Waals surface area (Å²) in [6.45, 7) is 0. The van der Waals surface area contributed by atoms with Crippen LogP contribution < -0.4 is 11.1 Å². The Morgan fingerprint density at radius 1 is 1.24 bits per heavy atom. The molecule has 0 saturated heterocycles. The zero-order valence-electron chi connectivity index (χ0n) is 13.0. The van der Waals surface area contributed by atoms with Gasteiger partial charge in [-0.15, -0.1) is 0 Å². The van der Waals surface area contributed by atoms with Crippen LogP contribution in [0.25, 0.3) is 0 Å². The van der Waals surface area contributed by atoms with E-state index < -0.39 is 6.23 Å². The lowest BCUT2D eigenvalue weighted by Gasteiger charge is -2.09. The molecule has 3 aromatic rings. The van der Waals surface area contributed by atoms with E-state index in [0.29, 0.717) is 27.7 Å². The molecule has 0 aliphatic heterocycles. The molecule has 25 heavy (non-hydrogen) atoms. The number of phenolic OH excluding ortho intramolecular Hbond substituents is 1. The zero-order valence-corrected chi connectivity index (χ0v) is 13.8. The van der Waals surface area contributed by atoms with Gasteiger partial charge < -0.3 is 21.3 Å². The molecule has 0 fully saturated rings. The van der Waals surface area contributed by atoms with Gasteiger partial charge in [0.05, 0.1) is 5.56 Å². The molecule has 6 N–H and O–H groups in total. The van der Waals surface area contributed by atoms with Gasteiger partial charge in [0.1, 0.15) is 17.8 Å². The average molecular weight is 358 g/mol. The fourth-order valence-corrected chi connectivity index (χ4v) is 2.44. The van der Waals surface area contributed by atoms with Gasteiger partial charge in [0.15, 0.2) is 5.82 Å². The largest absolute Gasteiger partial charge is 0.507 e. The second-order valence-corrected chi connectivity index (χ2v) is 5.67. The Morgan fingerprint density at radius 3 is 2.76 bits per heavy atom. The number of H-pyrrole nitrogens is 1. The molecule has 1 heterocycles. The highest BCUT2D eigenvalue weighted by atomic mass is 35.5. The molecule has 0 spiro atoms. The number of rotatable bonds is 5. The van der Waals surface area contributed by atoms with Gasteiger partial charge >= 0.3 is 0 Å². The van der Waals surface area contributed by atoms with E-state index >= 15 is 0 Å². The summed E-state index contributed by atoms with van der Waals surface area (Å²) in [5, 5.41) is 30.1. The van der Waals surface area contributed by atoms with E-state index in [-0.39, 0.29) is 11.6 Å². The van der Waals surface area contributed by atoms with Gasteiger partial charge in [-0.25, -0.2) is 4.99 Å². The minimum atomic E-state index is -1.29. The Kier molecular flexibility index (Phi) is 4.99. The van der Waals surface area contributed by atoms with Crippen LogP contribution in [-0.4, -0.2) is 26.6 Å². The number of nitrogens with one attached hydrogen (secondary N) is 2. The van der Waals surface area contributed by atoms with Crippen LogP contribution in [0.15, 0.2) is 53.5 Å². The Balaban J connectivity index is 1.91. The maximum atomic E-state index is 9.89. The van der Waals surface area contributed by atoms with Crippen LogP contribution >= 0.6 is 11.6 Å². The number of benzene rings is 2. The molecule has 0 aliphatic rings. The van der Waals surface area contributed by atoms with E-state index in [2.05, 4.69) is 20.5 Å². The zero-order chi connectivity index (χ0) is 17.8. The number of aromatic nitrogens is 2. The quantitative estimate of drug-likeness (QED) is 0.355. The number of aliphatic imine (C=N–C) groups is 1. The molecule has 0 aliphatic carbocycles. The number of nitrogens with zero attached hydrogens (tertiary/aromatic N) is 2. The second-order valence-electron chi connectivity index (χ2n) is 5.23. The number of hydrogen-bond donors (Lipinski definition) is 5. The highest BCUT2D eigenvalue weighted by Gasteiger charge is 2.18. The first-order valence-corrected chi connectivity index (χ1v) is 7.79. The normalized spacial score (nSPS) is 12.4. The number of phenols is 1. The number of hydrogen-bond acceptors (Lipinski definition) is 6. The number of aromatic amines is 1. The topological polar surface area (TPSA) is 120 Å². The molecular weight excluding hydrogens is 342 g/mol. The monoisotopic (exact) mass is 357 g/mol. The third-order valence-electron chi connectivity index (χ3n) is 3.44. The van der Waals surface area contributed by atoms with Crippen molar-refractivity contribution in [3.05, 3.63) is 64.7 Å². The number of anilines is 2. The van der Waals surface area contributed by atoms with E-state index in [1.165, 1.54) is 6.21 Å². The molecule has 8 heteroatoms. The smallest absolute Gasteiger partial charge is 0.183 e. The van der Waals surface area contributed by atoms with Crippen molar-refractivity contribution in [2.24, 2.45) is 10.7 Å². The molecule has 1 unspecified atom stereocenters. The Labute approximate surface area is 148 Å². The third kappa shape index (κ3) is 3.97. The maximum Gasteiger partial charge on any atom is 0.183 e. The summed E-state index contributed by atoms with van der Waals surface area (Å²) in [7, 11) is 0. The van der Waals surface area contributed by atoms with Crippen molar-refractivity contribution in [3.63, 3.8) is 0 Å². The van der Waals surface area contributed by atoms with Crippen molar-refractivity contribution in [2.75, 3.05) is 5.32 Å². The van der Waals surface area contributed by atoms with Gasteiger partial charge in [-0.2, -0.15) is 5.10 Å². The lowest BCUT2D eigenvalue weighted by Crippen LogP contribution is -2.10. The van der Waals surface area contributed by atoms with Crippen molar-refractivity contribution < 1.29 is 10.2 Å². The summed E-state index contributed by atoms with van der Waals surface area (Å²) in [4.78, 5) is 4.20. The van der Waals surface area contributed by atoms with Gasteiger partial charge in [-0.3, -0.25) is 5.10 Å². The number of halogens is 1. The molecule has 0 amide bonds. The highest BCUT2D eigenvalue weighted by Crippen LogP contribution is 2.31. The van der Waals surface area contributed by atoms with Gasteiger partial charge in [0, 0.05) is 22.5 Å². The van der Waals surface area contributed by atoms with Crippen LogP contribution in [0.2, 0.25) is 5.02 Å². The Bertz CT molecular complexity index is 908. The SMILES string of the molecule is NC(O)c1c(N=Cc2ccccc2O)n[nH]c1Nc1cccc(Cl)c1. The van der Waals surface area contributed by atoms with E-state index in [0.717, 1.165) is 0 Å². The minimum Gasteiger partial charge on any atom is -0.507 e. The average Bonchev–Trinajstić information content (AvgIpc) is 2.97. The van der Waals surface area contributed by atoms with Gasteiger partial charge in [-0.1, -0.05) is 29.8 Å². The number of aromatic hydroxyl groups is 1. The first-order chi connectivity index (χ1) is 12.0. The standard InChI is InChI=1S/C17H16ClN5O2/c18-11-5-3-6-12(8-11)21-17-14(15(19)25)16(22-23-17)20-9-10-4-1-2-7-13(10)24/h1-9,15,24-25H,19H2,(H2,21,22,23). The maximum absolute atomic E-state index is 9.89. The lowest BCUT2D eigenvalue weighted by atomic mass is 10.2. The van der Waals surface area contributed by atoms with E-state index in [9.17, 15) is 10.2 Å². The fourth-order valence-electron chi connectivity index (χ4n) is 2.25. The van der Waals surface area contributed by atoms with Crippen LogP contribution in [0.5, 0.6) is 5.75 Å². The molecule has 128 valence electrons. The minimum absolute atomic E-state index is 0.0916. The van der Waals surface area contributed by atoms with Crippen LogP contribution in [0.3, 0.4) is 0 Å².